The van der Waals surface area contributed by atoms with Crippen molar-refractivity contribution in [3.63, 3.8) is 0 Å². The van der Waals surface area contributed by atoms with Crippen molar-refractivity contribution >= 4 is 34.5 Å². The van der Waals surface area contributed by atoms with E-state index >= 15 is 0 Å². The normalized spacial score (nSPS) is 16.8. The van der Waals surface area contributed by atoms with Crippen molar-refractivity contribution in [3.05, 3.63) is 33.4 Å². The second-order valence-corrected chi connectivity index (χ2v) is 6.07. The number of carboxylic acid groups (broad SMARTS) is 1. The molecule has 1 aromatic carbocycles. The third-order valence-electron chi connectivity index (χ3n) is 3.31. The van der Waals surface area contributed by atoms with Crippen molar-refractivity contribution in [2.45, 2.75) is 6.42 Å². The molecule has 1 aliphatic rings. The quantitative estimate of drug-likeness (QED) is 0.798. The van der Waals surface area contributed by atoms with Crippen LogP contribution in [0.5, 0.6) is 0 Å². The van der Waals surface area contributed by atoms with E-state index in [0.29, 0.717) is 25.2 Å². The maximum Gasteiger partial charge on any atom is 0.317 e. The van der Waals surface area contributed by atoms with Gasteiger partial charge >= 0.3 is 5.97 Å². The average Bonchev–Trinajstić information content (AvgIpc) is 2.63. The van der Waals surface area contributed by atoms with Gasteiger partial charge in [-0.1, -0.05) is 6.07 Å². The topological polar surface area (TPSA) is 60.9 Å². The number of halogens is 1. The summed E-state index contributed by atoms with van der Waals surface area (Å²) in [7, 11) is 0. The van der Waals surface area contributed by atoms with Gasteiger partial charge in [0.1, 0.15) is 0 Å². The zero-order valence-electron chi connectivity index (χ0n) is 11.1. The minimum absolute atomic E-state index is 0.0284. The highest BCUT2D eigenvalue weighted by Crippen LogP contribution is 2.12. The summed E-state index contributed by atoms with van der Waals surface area (Å²) in [6.07, 6.45) is 0.808. The van der Waals surface area contributed by atoms with Crippen LogP contribution in [0.25, 0.3) is 0 Å². The van der Waals surface area contributed by atoms with Gasteiger partial charge in [-0.2, -0.15) is 0 Å². The Hall–Kier alpha value is -1.15. The molecule has 6 heteroatoms. The number of aliphatic carboxylic acids is 1. The first kappa shape index (κ1) is 15.2. The molecule has 0 aromatic heterocycles. The monoisotopic (exact) mass is 388 g/mol. The van der Waals surface area contributed by atoms with Crippen molar-refractivity contribution in [2.75, 3.05) is 32.7 Å². The molecule has 1 amide bonds. The third kappa shape index (κ3) is 4.17. The highest BCUT2D eigenvalue weighted by Gasteiger charge is 2.21. The van der Waals surface area contributed by atoms with Crippen LogP contribution in [-0.2, 0) is 4.79 Å². The fraction of sp³-hybridized carbons (Fsp3) is 0.429. The summed E-state index contributed by atoms with van der Waals surface area (Å²) in [5.74, 6) is -0.789. The smallest absolute Gasteiger partial charge is 0.317 e. The number of benzene rings is 1. The largest absolute Gasteiger partial charge is 0.480 e. The molecule has 5 nitrogen and oxygen atoms in total. The van der Waals surface area contributed by atoms with Gasteiger partial charge in [0.15, 0.2) is 0 Å². The molecule has 1 aromatic rings. The van der Waals surface area contributed by atoms with Gasteiger partial charge in [0.05, 0.1) is 6.54 Å². The fourth-order valence-electron chi connectivity index (χ4n) is 2.33. The Bertz CT molecular complexity index is 507. The summed E-state index contributed by atoms with van der Waals surface area (Å²) < 4.78 is 1.04. The van der Waals surface area contributed by atoms with Crippen molar-refractivity contribution in [3.8, 4) is 0 Å². The zero-order valence-corrected chi connectivity index (χ0v) is 13.2. The van der Waals surface area contributed by atoms with E-state index in [1.807, 2.05) is 34.1 Å². The Kier molecular flexibility index (Phi) is 5.36. The third-order valence-corrected chi connectivity index (χ3v) is 3.98. The van der Waals surface area contributed by atoms with Crippen LogP contribution in [0.3, 0.4) is 0 Å². The molecule has 0 saturated carbocycles. The number of hydrogen-bond donors (Lipinski definition) is 1. The van der Waals surface area contributed by atoms with E-state index in [4.69, 9.17) is 5.11 Å². The standard InChI is InChI=1S/C14H17IN2O3/c15-12-4-1-3-11(9-12)14(20)17-6-2-5-16(7-8-17)10-13(18)19/h1,3-4,9H,2,5-8,10H2,(H,18,19). The van der Waals surface area contributed by atoms with Crippen LogP contribution in [0.4, 0.5) is 0 Å². The molecule has 1 fully saturated rings. The van der Waals surface area contributed by atoms with Crippen LogP contribution < -0.4 is 0 Å². The molecule has 0 aliphatic carbocycles. The molecular formula is C14H17IN2O3. The molecule has 0 radical (unpaired) electrons. The lowest BCUT2D eigenvalue weighted by atomic mass is 10.2. The molecule has 20 heavy (non-hydrogen) atoms. The highest BCUT2D eigenvalue weighted by atomic mass is 127. The molecule has 0 spiro atoms. The number of carbonyl (C=O) groups is 2. The molecular weight excluding hydrogens is 371 g/mol. The van der Waals surface area contributed by atoms with E-state index in [1.54, 1.807) is 0 Å². The summed E-state index contributed by atoms with van der Waals surface area (Å²) in [4.78, 5) is 26.8. The Morgan fingerprint density at radius 3 is 2.70 bits per heavy atom. The van der Waals surface area contributed by atoms with E-state index in [-0.39, 0.29) is 12.5 Å². The van der Waals surface area contributed by atoms with Crippen molar-refractivity contribution in [1.29, 1.82) is 0 Å². The second kappa shape index (κ2) is 7.03. The van der Waals surface area contributed by atoms with Gasteiger partial charge in [0.2, 0.25) is 0 Å². The second-order valence-electron chi connectivity index (χ2n) is 4.83. The number of carbonyl (C=O) groups excluding carboxylic acids is 1. The number of carboxylic acids is 1. The van der Waals surface area contributed by atoms with E-state index in [0.717, 1.165) is 16.5 Å². The van der Waals surface area contributed by atoms with E-state index in [2.05, 4.69) is 22.6 Å². The van der Waals surface area contributed by atoms with Crippen LogP contribution in [0, 0.1) is 3.57 Å². The lowest BCUT2D eigenvalue weighted by Gasteiger charge is -2.21. The fourth-order valence-corrected chi connectivity index (χ4v) is 2.87. The van der Waals surface area contributed by atoms with Crippen LogP contribution in [0.1, 0.15) is 16.8 Å². The molecule has 0 bridgehead atoms. The number of nitrogens with zero attached hydrogens (tertiary/aromatic N) is 2. The van der Waals surface area contributed by atoms with Gasteiger partial charge in [-0.15, -0.1) is 0 Å². The molecule has 0 unspecified atom stereocenters. The van der Waals surface area contributed by atoms with Crippen LogP contribution in [-0.4, -0.2) is 59.5 Å². The molecule has 1 heterocycles. The first-order chi connectivity index (χ1) is 9.56. The van der Waals surface area contributed by atoms with Crippen LogP contribution >= 0.6 is 22.6 Å². The Morgan fingerprint density at radius 1 is 1.20 bits per heavy atom. The summed E-state index contributed by atoms with van der Waals surface area (Å²) in [5.41, 5.74) is 0.698. The Morgan fingerprint density at radius 2 is 2.00 bits per heavy atom. The number of amides is 1. The summed E-state index contributed by atoms with van der Waals surface area (Å²) >= 11 is 2.19. The van der Waals surface area contributed by atoms with Crippen LogP contribution in [0.15, 0.2) is 24.3 Å². The number of rotatable bonds is 3. The highest BCUT2D eigenvalue weighted by molar-refractivity contribution is 14.1. The summed E-state index contributed by atoms with van der Waals surface area (Å²) in [6, 6.07) is 7.53. The lowest BCUT2D eigenvalue weighted by Crippen LogP contribution is -2.36. The molecule has 0 atom stereocenters. The minimum Gasteiger partial charge on any atom is -0.480 e. The summed E-state index contributed by atoms with van der Waals surface area (Å²) in [6.45, 7) is 2.65. The predicted octanol–water partition coefficient (Wildman–Crippen LogP) is 1.52. The molecule has 2 rings (SSSR count). The SMILES string of the molecule is O=C(O)CN1CCCN(C(=O)c2cccc(I)c2)CC1. The van der Waals surface area contributed by atoms with Gasteiger partial charge in [-0.25, -0.2) is 0 Å². The van der Waals surface area contributed by atoms with Gasteiger partial charge in [0.25, 0.3) is 5.91 Å². The van der Waals surface area contributed by atoms with E-state index in [9.17, 15) is 9.59 Å². The zero-order chi connectivity index (χ0) is 14.5. The maximum atomic E-state index is 12.4. The van der Waals surface area contributed by atoms with Gasteiger partial charge in [0, 0.05) is 35.3 Å². The molecule has 1 N–H and O–H groups in total. The summed E-state index contributed by atoms with van der Waals surface area (Å²) in [5, 5.41) is 8.82. The van der Waals surface area contributed by atoms with Gasteiger partial charge in [-0.05, 0) is 47.2 Å². The Balaban J connectivity index is 1.99. The lowest BCUT2D eigenvalue weighted by molar-refractivity contribution is -0.138. The molecule has 108 valence electrons. The minimum atomic E-state index is -0.817. The molecule has 1 aliphatic heterocycles. The van der Waals surface area contributed by atoms with Gasteiger partial charge in [-0.3, -0.25) is 14.5 Å². The van der Waals surface area contributed by atoms with Gasteiger partial charge < -0.3 is 10.0 Å². The Labute approximate surface area is 131 Å². The van der Waals surface area contributed by atoms with E-state index < -0.39 is 5.97 Å². The number of hydrogen-bond acceptors (Lipinski definition) is 3. The van der Waals surface area contributed by atoms with Crippen LogP contribution in [0.2, 0.25) is 0 Å². The first-order valence-electron chi connectivity index (χ1n) is 6.55. The van der Waals surface area contributed by atoms with Crippen molar-refractivity contribution in [2.24, 2.45) is 0 Å². The predicted molar refractivity (Wildman–Crippen MR) is 83.8 cm³/mol. The average molecular weight is 388 g/mol. The molecule has 1 saturated heterocycles. The van der Waals surface area contributed by atoms with Crippen molar-refractivity contribution in [1.82, 2.24) is 9.80 Å². The first-order valence-corrected chi connectivity index (χ1v) is 7.63. The van der Waals surface area contributed by atoms with E-state index in [1.165, 1.54) is 0 Å². The van der Waals surface area contributed by atoms with Crippen molar-refractivity contribution < 1.29 is 14.7 Å². The maximum absolute atomic E-state index is 12.4.